The Kier molecular flexibility index (Phi) is 9.82. The van der Waals surface area contributed by atoms with E-state index in [0.717, 1.165) is 16.6 Å². The van der Waals surface area contributed by atoms with Gasteiger partial charge in [0.1, 0.15) is 23.8 Å². The number of para-hydroxylation sites is 1. The van der Waals surface area contributed by atoms with Gasteiger partial charge in [-0.05, 0) is 48.9 Å². The van der Waals surface area contributed by atoms with E-state index in [1.165, 1.54) is 0 Å². The van der Waals surface area contributed by atoms with Crippen molar-refractivity contribution in [3.8, 4) is 0 Å². The zero-order valence-corrected chi connectivity index (χ0v) is 29.6. The fraction of sp³-hybridized carbons (Fsp3) is 0.390. The van der Waals surface area contributed by atoms with Crippen molar-refractivity contribution in [1.29, 1.82) is 0 Å². The van der Waals surface area contributed by atoms with E-state index in [1.54, 1.807) is 31.5 Å². The third-order valence-corrected chi connectivity index (χ3v) is 11.3. The zero-order valence-electron chi connectivity index (χ0n) is 29.6. The Balaban J connectivity index is 1.32. The summed E-state index contributed by atoms with van der Waals surface area (Å²) in [6.07, 6.45) is 5.10. The van der Waals surface area contributed by atoms with Crippen LogP contribution in [0.25, 0.3) is 11.0 Å². The highest BCUT2D eigenvalue weighted by Gasteiger charge is 2.79. The van der Waals surface area contributed by atoms with Gasteiger partial charge in [0.05, 0.1) is 35.6 Å². The summed E-state index contributed by atoms with van der Waals surface area (Å²) in [5, 5.41) is 19.6. The number of carbonyl (C=O) groups is 3. The molecule has 1 spiro atoms. The standard InChI is InChI=1S/C41H46N6O5/c1-4-23-44(26-30-17-11-8-12-18-30)37(49)34-35-38(50)47(31(27-48)25-29-15-9-7-10-16-29)36(41(35)22-21-40(34,6-3)52-41)39(51)45(24-5-2)28-46-33-20-14-13-19-32(33)42-43-46/h4-5,7-20,31,34-36,48H,1-2,6,21-28H2,3H3/t31-,34+,35+,36?,40-,41?/m1/s1. The normalized spacial score (nSPS) is 25.2. The van der Waals surface area contributed by atoms with Crippen LogP contribution in [-0.2, 0) is 38.8 Å². The van der Waals surface area contributed by atoms with Crippen LogP contribution in [-0.4, -0.2) is 95.5 Å². The van der Waals surface area contributed by atoms with Crippen LogP contribution in [0.5, 0.6) is 0 Å². The molecule has 0 aliphatic carbocycles. The number of carbonyl (C=O) groups excluding carboxylic acids is 3. The summed E-state index contributed by atoms with van der Waals surface area (Å²) in [4.78, 5) is 50.3. The number of amides is 3. The minimum atomic E-state index is -1.29. The molecular formula is C41H46N6O5. The predicted octanol–water partition coefficient (Wildman–Crippen LogP) is 4.38. The molecule has 3 aromatic carbocycles. The summed E-state index contributed by atoms with van der Waals surface area (Å²) in [6, 6.07) is 25.0. The molecule has 2 unspecified atom stereocenters. The third-order valence-electron chi connectivity index (χ3n) is 11.3. The lowest BCUT2D eigenvalue weighted by molar-refractivity contribution is -0.159. The van der Waals surface area contributed by atoms with Crippen LogP contribution in [0.1, 0.15) is 37.3 Å². The Hall–Kier alpha value is -5.13. The number of nitrogens with zero attached hydrogens (tertiary/aromatic N) is 6. The van der Waals surface area contributed by atoms with Gasteiger partial charge in [0.25, 0.3) is 0 Å². The molecule has 1 N–H and O–H groups in total. The molecule has 3 amide bonds. The van der Waals surface area contributed by atoms with E-state index in [1.807, 2.05) is 91.9 Å². The predicted molar refractivity (Wildman–Crippen MR) is 196 cm³/mol. The van der Waals surface area contributed by atoms with Gasteiger partial charge in [0.15, 0.2) is 0 Å². The van der Waals surface area contributed by atoms with E-state index in [4.69, 9.17) is 4.74 Å². The summed E-state index contributed by atoms with van der Waals surface area (Å²) in [7, 11) is 0. The van der Waals surface area contributed by atoms with E-state index in [9.17, 15) is 9.90 Å². The lowest BCUT2D eigenvalue weighted by Gasteiger charge is -2.39. The lowest BCUT2D eigenvalue weighted by Crippen LogP contribution is -2.59. The molecule has 11 nitrogen and oxygen atoms in total. The Morgan fingerprint density at radius 2 is 1.60 bits per heavy atom. The molecule has 3 saturated heterocycles. The molecule has 3 aliphatic rings. The second kappa shape index (κ2) is 14.5. The number of aliphatic hydroxyl groups is 1. The Morgan fingerprint density at radius 1 is 0.942 bits per heavy atom. The molecule has 0 saturated carbocycles. The fourth-order valence-electron chi connectivity index (χ4n) is 8.96. The van der Waals surface area contributed by atoms with E-state index in [-0.39, 0.29) is 44.1 Å². The molecule has 7 rings (SSSR count). The van der Waals surface area contributed by atoms with Crippen LogP contribution >= 0.6 is 0 Å². The van der Waals surface area contributed by atoms with Gasteiger partial charge >= 0.3 is 0 Å². The van der Waals surface area contributed by atoms with Crippen LogP contribution in [0.4, 0.5) is 0 Å². The number of likely N-dealkylation sites (tertiary alicyclic amines) is 1. The maximum atomic E-state index is 15.3. The molecule has 6 atom stereocenters. The van der Waals surface area contributed by atoms with E-state index >= 15 is 9.59 Å². The van der Waals surface area contributed by atoms with Crippen molar-refractivity contribution in [3.63, 3.8) is 0 Å². The number of benzene rings is 3. The van der Waals surface area contributed by atoms with Crippen molar-refractivity contribution in [1.82, 2.24) is 29.7 Å². The topological polar surface area (TPSA) is 121 Å². The Morgan fingerprint density at radius 3 is 2.27 bits per heavy atom. The summed E-state index contributed by atoms with van der Waals surface area (Å²) < 4.78 is 8.78. The highest BCUT2D eigenvalue weighted by molar-refractivity contribution is 5.99. The minimum Gasteiger partial charge on any atom is -0.394 e. The van der Waals surface area contributed by atoms with Crippen LogP contribution in [0.3, 0.4) is 0 Å². The first-order chi connectivity index (χ1) is 25.3. The second-order valence-corrected chi connectivity index (χ2v) is 14.2. The van der Waals surface area contributed by atoms with Gasteiger partial charge in [0, 0.05) is 19.6 Å². The van der Waals surface area contributed by atoms with E-state index in [0.29, 0.717) is 37.7 Å². The number of hydrogen-bond acceptors (Lipinski definition) is 7. The first-order valence-electron chi connectivity index (χ1n) is 18.1. The molecule has 11 heteroatoms. The number of rotatable bonds is 15. The van der Waals surface area contributed by atoms with Gasteiger partial charge in [-0.2, -0.15) is 0 Å². The largest absolute Gasteiger partial charge is 0.394 e. The molecule has 0 radical (unpaired) electrons. The maximum absolute atomic E-state index is 15.3. The first kappa shape index (κ1) is 35.3. The SMILES string of the molecule is C=CCN(Cn1nnc2ccccc21)C(=O)C1N([C@@H](CO)Cc2ccccc2)C(=O)[C@@H]2[C@@H](C(=O)N(CC=C)Cc3ccccc3)[C@@]3(CC)CCC12O3. The van der Waals surface area contributed by atoms with Crippen LogP contribution < -0.4 is 0 Å². The molecule has 270 valence electrons. The molecule has 52 heavy (non-hydrogen) atoms. The van der Waals surface area contributed by atoms with Crippen molar-refractivity contribution in [2.24, 2.45) is 11.8 Å². The minimum absolute atomic E-state index is 0.0542. The summed E-state index contributed by atoms with van der Waals surface area (Å²) in [5.74, 6) is -2.64. The third kappa shape index (κ3) is 5.91. The first-order valence-corrected chi connectivity index (χ1v) is 18.1. The average Bonchev–Trinajstić information content (AvgIpc) is 3.91. The number of ether oxygens (including phenoxy) is 1. The summed E-state index contributed by atoms with van der Waals surface area (Å²) >= 11 is 0. The zero-order chi connectivity index (χ0) is 36.5. The van der Waals surface area contributed by atoms with Crippen molar-refractivity contribution in [2.45, 2.75) is 69.1 Å². The Bertz CT molecular complexity index is 1950. The van der Waals surface area contributed by atoms with Crippen LogP contribution in [0.15, 0.2) is 110 Å². The van der Waals surface area contributed by atoms with E-state index < -0.39 is 35.1 Å². The quantitative estimate of drug-likeness (QED) is 0.183. The molecular weight excluding hydrogens is 656 g/mol. The van der Waals surface area contributed by atoms with Crippen molar-refractivity contribution in [3.05, 3.63) is 121 Å². The average molecular weight is 703 g/mol. The van der Waals surface area contributed by atoms with Crippen molar-refractivity contribution < 1.29 is 24.2 Å². The highest BCUT2D eigenvalue weighted by atomic mass is 16.5. The van der Waals surface area contributed by atoms with Gasteiger partial charge in [-0.1, -0.05) is 97.1 Å². The van der Waals surface area contributed by atoms with Crippen molar-refractivity contribution in [2.75, 3.05) is 19.7 Å². The van der Waals surface area contributed by atoms with Gasteiger partial charge in [-0.3, -0.25) is 14.4 Å². The maximum Gasteiger partial charge on any atom is 0.250 e. The molecule has 4 aromatic rings. The molecule has 1 aromatic heterocycles. The summed E-state index contributed by atoms with van der Waals surface area (Å²) in [6.45, 7) is 10.3. The lowest BCUT2D eigenvalue weighted by atomic mass is 9.64. The van der Waals surface area contributed by atoms with Crippen molar-refractivity contribution >= 4 is 28.8 Å². The number of aromatic nitrogens is 3. The highest BCUT2D eigenvalue weighted by Crippen LogP contribution is 2.65. The number of aliphatic hydroxyl groups excluding tert-OH is 1. The molecule has 3 fully saturated rings. The molecule has 3 aliphatic heterocycles. The fourth-order valence-corrected chi connectivity index (χ4v) is 8.96. The van der Waals surface area contributed by atoms with Crippen LogP contribution in [0.2, 0.25) is 0 Å². The van der Waals surface area contributed by atoms with Gasteiger partial charge in [-0.15, -0.1) is 18.3 Å². The monoisotopic (exact) mass is 702 g/mol. The smallest absolute Gasteiger partial charge is 0.250 e. The summed E-state index contributed by atoms with van der Waals surface area (Å²) in [5.41, 5.74) is 1.10. The van der Waals surface area contributed by atoms with Crippen LogP contribution in [0, 0.1) is 11.8 Å². The second-order valence-electron chi connectivity index (χ2n) is 14.2. The molecule has 4 heterocycles. The van der Waals surface area contributed by atoms with Gasteiger partial charge in [-0.25, -0.2) is 4.68 Å². The van der Waals surface area contributed by atoms with Gasteiger partial charge in [0.2, 0.25) is 17.7 Å². The number of fused-ring (bicyclic) bond motifs is 2. The molecule has 2 bridgehead atoms. The number of hydrogen-bond donors (Lipinski definition) is 1. The van der Waals surface area contributed by atoms with Gasteiger partial charge < -0.3 is 24.5 Å². The van der Waals surface area contributed by atoms with E-state index in [2.05, 4.69) is 23.5 Å². The Labute approximate surface area is 304 Å².